The third kappa shape index (κ3) is 4.40. The van der Waals surface area contributed by atoms with Crippen molar-refractivity contribution < 1.29 is 9.47 Å². The quantitative estimate of drug-likeness (QED) is 0.791. The molecule has 1 unspecified atom stereocenters. The van der Waals surface area contributed by atoms with Crippen LogP contribution in [0, 0.1) is 0 Å². The van der Waals surface area contributed by atoms with Gasteiger partial charge >= 0.3 is 0 Å². The summed E-state index contributed by atoms with van der Waals surface area (Å²) in [4.78, 5) is 9.09. The number of nitrogens with zero attached hydrogens (tertiary/aromatic N) is 2. The third-order valence-electron chi connectivity index (χ3n) is 2.69. The summed E-state index contributed by atoms with van der Waals surface area (Å²) in [5.74, 6) is 1.49. The molecule has 1 N–H and O–H groups in total. The maximum absolute atomic E-state index is 5.47. The van der Waals surface area contributed by atoms with E-state index >= 15 is 0 Å². The molecule has 0 saturated heterocycles. The monoisotopic (exact) mass is 331 g/mol. The van der Waals surface area contributed by atoms with Gasteiger partial charge < -0.3 is 14.8 Å². The molecule has 5 nitrogen and oxygen atoms in total. The summed E-state index contributed by atoms with van der Waals surface area (Å²) in [6.45, 7) is 5.39. The molecule has 0 amide bonds. The second-order valence-corrected chi connectivity index (χ2v) is 4.96. The standard InChI is InChI=1S/C13H22BrN3O2/c1-5-7-10(19-4)12-16-9(8-18-3)11(14)13(17-12)15-6-2/h10H,5-8H2,1-4H3,(H,15,16,17). The second-order valence-electron chi connectivity index (χ2n) is 4.17. The van der Waals surface area contributed by atoms with Crippen LogP contribution in [0.4, 0.5) is 5.82 Å². The van der Waals surface area contributed by atoms with E-state index in [1.165, 1.54) is 0 Å². The van der Waals surface area contributed by atoms with Gasteiger partial charge in [-0.3, -0.25) is 0 Å². The highest BCUT2D eigenvalue weighted by Crippen LogP contribution is 2.28. The highest BCUT2D eigenvalue weighted by molar-refractivity contribution is 9.10. The predicted octanol–water partition coefficient (Wildman–Crippen LogP) is 3.30. The van der Waals surface area contributed by atoms with Crippen molar-refractivity contribution in [2.75, 3.05) is 26.1 Å². The van der Waals surface area contributed by atoms with Gasteiger partial charge in [0.15, 0.2) is 5.82 Å². The molecule has 0 fully saturated rings. The molecule has 1 heterocycles. The molecule has 0 aliphatic rings. The van der Waals surface area contributed by atoms with E-state index in [1.54, 1.807) is 14.2 Å². The molecule has 0 aromatic carbocycles. The molecule has 0 aliphatic heterocycles. The van der Waals surface area contributed by atoms with E-state index in [1.807, 2.05) is 6.92 Å². The lowest BCUT2D eigenvalue weighted by Crippen LogP contribution is -2.13. The van der Waals surface area contributed by atoms with Crippen molar-refractivity contribution in [3.63, 3.8) is 0 Å². The zero-order valence-electron chi connectivity index (χ0n) is 12.0. The first-order valence-corrected chi connectivity index (χ1v) is 7.29. The maximum atomic E-state index is 5.47. The summed E-state index contributed by atoms with van der Waals surface area (Å²) in [7, 11) is 3.34. The van der Waals surface area contributed by atoms with E-state index in [2.05, 4.69) is 38.1 Å². The van der Waals surface area contributed by atoms with Gasteiger partial charge in [-0.25, -0.2) is 9.97 Å². The van der Waals surface area contributed by atoms with Gasteiger partial charge in [-0.2, -0.15) is 0 Å². The Morgan fingerprint density at radius 3 is 2.53 bits per heavy atom. The summed E-state index contributed by atoms with van der Waals surface area (Å²) >= 11 is 3.52. The van der Waals surface area contributed by atoms with Crippen molar-refractivity contribution >= 4 is 21.7 Å². The van der Waals surface area contributed by atoms with Crippen LogP contribution in [0.2, 0.25) is 0 Å². The molecule has 6 heteroatoms. The number of hydrogen-bond donors (Lipinski definition) is 1. The fourth-order valence-electron chi connectivity index (χ4n) is 1.79. The van der Waals surface area contributed by atoms with Crippen LogP contribution < -0.4 is 5.32 Å². The summed E-state index contributed by atoms with van der Waals surface area (Å²) in [6, 6.07) is 0. The lowest BCUT2D eigenvalue weighted by atomic mass is 10.2. The molecule has 1 rings (SSSR count). The SMILES string of the molecule is CCCC(OC)c1nc(COC)c(Br)c(NCC)n1. The Morgan fingerprint density at radius 2 is 2.00 bits per heavy atom. The summed E-state index contributed by atoms with van der Waals surface area (Å²) < 4.78 is 11.5. The lowest BCUT2D eigenvalue weighted by Gasteiger charge is -2.17. The highest BCUT2D eigenvalue weighted by atomic mass is 79.9. The van der Waals surface area contributed by atoms with Crippen LogP contribution in [0.5, 0.6) is 0 Å². The molecule has 0 saturated carbocycles. The fourth-order valence-corrected chi connectivity index (χ4v) is 2.22. The zero-order valence-corrected chi connectivity index (χ0v) is 13.6. The number of ether oxygens (including phenoxy) is 2. The van der Waals surface area contributed by atoms with Gasteiger partial charge in [-0.05, 0) is 29.3 Å². The van der Waals surface area contributed by atoms with Crippen molar-refractivity contribution in [2.24, 2.45) is 0 Å². The number of anilines is 1. The van der Waals surface area contributed by atoms with E-state index < -0.39 is 0 Å². The molecule has 0 radical (unpaired) electrons. The molecule has 0 bridgehead atoms. The predicted molar refractivity (Wildman–Crippen MR) is 79.3 cm³/mol. The van der Waals surface area contributed by atoms with Crippen LogP contribution in [0.25, 0.3) is 0 Å². The van der Waals surface area contributed by atoms with E-state index in [9.17, 15) is 0 Å². The molecular formula is C13H22BrN3O2. The van der Waals surface area contributed by atoms with Crippen LogP contribution in [-0.2, 0) is 16.1 Å². The number of methoxy groups -OCH3 is 2. The first-order valence-electron chi connectivity index (χ1n) is 6.49. The van der Waals surface area contributed by atoms with Crippen LogP contribution >= 0.6 is 15.9 Å². The van der Waals surface area contributed by atoms with Gasteiger partial charge in [0.1, 0.15) is 11.9 Å². The minimum Gasteiger partial charge on any atom is -0.378 e. The Bertz CT molecular complexity index is 374. The molecule has 1 aromatic rings. The van der Waals surface area contributed by atoms with Crippen LogP contribution in [0.15, 0.2) is 4.47 Å². The second kappa shape index (κ2) is 8.45. The topological polar surface area (TPSA) is 56.3 Å². The Balaban J connectivity index is 3.15. The van der Waals surface area contributed by atoms with Gasteiger partial charge in [-0.15, -0.1) is 0 Å². The normalized spacial score (nSPS) is 12.5. The first kappa shape index (κ1) is 16.3. The van der Waals surface area contributed by atoms with E-state index in [-0.39, 0.29) is 6.10 Å². The zero-order chi connectivity index (χ0) is 14.3. The van der Waals surface area contributed by atoms with Gasteiger partial charge in [0.25, 0.3) is 0 Å². The van der Waals surface area contributed by atoms with Gasteiger partial charge in [0.2, 0.25) is 0 Å². The van der Waals surface area contributed by atoms with Crippen molar-refractivity contribution in [2.45, 2.75) is 39.4 Å². The van der Waals surface area contributed by atoms with E-state index in [0.717, 1.165) is 35.4 Å². The minimum absolute atomic E-state index is 0.0777. The smallest absolute Gasteiger partial charge is 0.159 e. The Kier molecular flexibility index (Phi) is 7.27. The van der Waals surface area contributed by atoms with Crippen LogP contribution in [0.1, 0.15) is 44.3 Å². The van der Waals surface area contributed by atoms with Crippen molar-refractivity contribution in [1.29, 1.82) is 0 Å². The number of aromatic nitrogens is 2. The average molecular weight is 332 g/mol. The van der Waals surface area contributed by atoms with E-state index in [4.69, 9.17) is 9.47 Å². The minimum atomic E-state index is -0.0777. The summed E-state index contributed by atoms with van der Waals surface area (Å²) in [6.07, 6.45) is 1.84. The Hall–Kier alpha value is -0.720. The van der Waals surface area contributed by atoms with E-state index in [0.29, 0.717) is 12.4 Å². The maximum Gasteiger partial charge on any atom is 0.159 e. The molecule has 1 atom stereocenters. The number of nitrogens with one attached hydrogen (secondary N) is 1. The number of halogens is 1. The third-order valence-corrected chi connectivity index (χ3v) is 3.52. The largest absolute Gasteiger partial charge is 0.378 e. The molecule has 108 valence electrons. The fraction of sp³-hybridized carbons (Fsp3) is 0.692. The van der Waals surface area contributed by atoms with Gasteiger partial charge in [-0.1, -0.05) is 13.3 Å². The van der Waals surface area contributed by atoms with Crippen molar-refractivity contribution in [3.05, 3.63) is 16.0 Å². The molecule has 19 heavy (non-hydrogen) atoms. The van der Waals surface area contributed by atoms with Crippen molar-refractivity contribution in [1.82, 2.24) is 9.97 Å². The Morgan fingerprint density at radius 1 is 1.26 bits per heavy atom. The van der Waals surface area contributed by atoms with Crippen molar-refractivity contribution in [3.8, 4) is 0 Å². The van der Waals surface area contributed by atoms with Crippen LogP contribution in [0.3, 0.4) is 0 Å². The summed E-state index contributed by atoms with van der Waals surface area (Å²) in [5, 5.41) is 3.23. The number of hydrogen-bond acceptors (Lipinski definition) is 5. The number of rotatable bonds is 8. The highest BCUT2D eigenvalue weighted by Gasteiger charge is 2.18. The van der Waals surface area contributed by atoms with Gasteiger partial charge in [0.05, 0.1) is 16.8 Å². The molecule has 1 aromatic heterocycles. The summed E-state index contributed by atoms with van der Waals surface area (Å²) in [5.41, 5.74) is 0.835. The average Bonchev–Trinajstić information content (AvgIpc) is 2.41. The molecule has 0 aliphatic carbocycles. The molecule has 0 spiro atoms. The lowest BCUT2D eigenvalue weighted by molar-refractivity contribution is 0.0868. The molecular weight excluding hydrogens is 310 g/mol. The Labute approximate surface area is 123 Å². The van der Waals surface area contributed by atoms with Gasteiger partial charge in [0, 0.05) is 20.8 Å². The van der Waals surface area contributed by atoms with Crippen LogP contribution in [-0.4, -0.2) is 30.7 Å². The first-order chi connectivity index (χ1) is 9.17.